The molecule has 1 aliphatic carbocycles. The van der Waals surface area contributed by atoms with Gasteiger partial charge in [0.15, 0.2) is 22.4 Å². The summed E-state index contributed by atoms with van der Waals surface area (Å²) in [5, 5.41) is 3.96. The molecule has 2 aliphatic rings. The Balaban J connectivity index is 1.98. The van der Waals surface area contributed by atoms with Crippen molar-refractivity contribution in [1.82, 2.24) is 10.2 Å². The van der Waals surface area contributed by atoms with Crippen molar-refractivity contribution in [2.75, 3.05) is 20.8 Å². The van der Waals surface area contributed by atoms with E-state index in [1.54, 1.807) is 7.11 Å². The molecule has 26 heavy (non-hydrogen) atoms. The van der Waals surface area contributed by atoms with Crippen molar-refractivity contribution in [3.8, 4) is 11.5 Å². The van der Waals surface area contributed by atoms with E-state index in [-0.39, 0.29) is 11.8 Å². The van der Waals surface area contributed by atoms with E-state index in [1.165, 1.54) is 0 Å². The molecule has 3 rings (SSSR count). The minimum Gasteiger partial charge on any atom is -0.493 e. The molecule has 0 saturated carbocycles. The summed E-state index contributed by atoms with van der Waals surface area (Å²) in [5.74, 6) is 2.00. The van der Waals surface area contributed by atoms with Gasteiger partial charge in [0.05, 0.1) is 19.8 Å². The average molecular weight is 375 g/mol. The zero-order valence-electron chi connectivity index (χ0n) is 15.8. The minimum atomic E-state index is -0.241. The number of nitrogens with one attached hydrogen (secondary N) is 1. The molecule has 0 amide bonds. The molecular weight excluding hydrogens is 348 g/mol. The molecule has 1 N–H and O–H groups in total. The second kappa shape index (κ2) is 7.66. The van der Waals surface area contributed by atoms with Gasteiger partial charge in [-0.05, 0) is 48.7 Å². The first-order chi connectivity index (χ1) is 12.4. The van der Waals surface area contributed by atoms with E-state index in [0.717, 1.165) is 29.7 Å². The van der Waals surface area contributed by atoms with E-state index in [0.29, 0.717) is 35.6 Å². The van der Waals surface area contributed by atoms with Crippen LogP contribution in [0.25, 0.3) is 0 Å². The van der Waals surface area contributed by atoms with Gasteiger partial charge in [0.25, 0.3) is 0 Å². The molecule has 1 aromatic rings. The Morgan fingerprint density at radius 3 is 2.77 bits per heavy atom. The van der Waals surface area contributed by atoms with Crippen LogP contribution in [0.3, 0.4) is 0 Å². The fourth-order valence-electron chi connectivity index (χ4n) is 3.43. The molecule has 0 fully saturated rings. The number of carbonyl (C=O) groups is 1. The lowest BCUT2D eigenvalue weighted by molar-refractivity contribution is -0.116. The summed E-state index contributed by atoms with van der Waals surface area (Å²) in [6, 6.07) is 5.59. The van der Waals surface area contributed by atoms with Crippen molar-refractivity contribution in [2.45, 2.75) is 39.2 Å². The summed E-state index contributed by atoms with van der Waals surface area (Å²) in [7, 11) is 3.55. The van der Waals surface area contributed by atoms with Crippen LogP contribution in [-0.4, -0.2) is 36.6 Å². The maximum atomic E-state index is 12.6. The van der Waals surface area contributed by atoms with Gasteiger partial charge in [-0.3, -0.25) is 4.79 Å². The Hall–Kier alpha value is -2.08. The van der Waals surface area contributed by atoms with E-state index < -0.39 is 0 Å². The number of hydrogen-bond donors (Lipinski definition) is 1. The highest BCUT2D eigenvalue weighted by atomic mass is 32.1. The second-order valence-corrected chi connectivity index (χ2v) is 7.58. The first-order valence-electron chi connectivity index (χ1n) is 9.03. The topological polar surface area (TPSA) is 50.8 Å². The molecule has 0 bridgehead atoms. The van der Waals surface area contributed by atoms with Crippen molar-refractivity contribution in [2.24, 2.45) is 5.92 Å². The number of thiocarbonyl (C=S) groups is 1. The largest absolute Gasteiger partial charge is 0.493 e. The number of methoxy groups -OCH3 is 1. The Bertz CT molecular complexity index is 757. The SMILES string of the molecule is COc1cc(C2NC(=S)N(C)C3=C2C(=O)CCC3)ccc1OCC(C)C. The molecule has 1 unspecified atom stereocenters. The molecule has 1 aliphatic heterocycles. The number of Topliss-reactive ketones (excluding diaryl/α,β-unsaturated/α-hetero) is 1. The van der Waals surface area contributed by atoms with Crippen LogP contribution in [0.1, 0.15) is 44.7 Å². The molecule has 0 saturated heterocycles. The van der Waals surface area contributed by atoms with E-state index in [4.69, 9.17) is 21.7 Å². The highest BCUT2D eigenvalue weighted by Crippen LogP contribution is 2.39. The number of ketones is 1. The third kappa shape index (κ3) is 3.56. The lowest BCUT2D eigenvalue weighted by atomic mass is 9.85. The number of nitrogens with zero attached hydrogens (tertiary/aromatic N) is 1. The molecule has 6 heteroatoms. The van der Waals surface area contributed by atoms with Crippen LogP contribution in [-0.2, 0) is 4.79 Å². The van der Waals surface area contributed by atoms with Crippen LogP contribution in [0.4, 0.5) is 0 Å². The first kappa shape index (κ1) is 18.7. The summed E-state index contributed by atoms with van der Waals surface area (Å²) in [5.41, 5.74) is 2.82. The highest BCUT2D eigenvalue weighted by Gasteiger charge is 2.36. The van der Waals surface area contributed by atoms with Crippen LogP contribution < -0.4 is 14.8 Å². The zero-order chi connectivity index (χ0) is 18.8. The molecule has 0 spiro atoms. The molecule has 5 nitrogen and oxygen atoms in total. The predicted octanol–water partition coefficient (Wildman–Crippen LogP) is 3.60. The first-order valence-corrected chi connectivity index (χ1v) is 9.44. The monoisotopic (exact) mass is 374 g/mol. The third-order valence-electron chi connectivity index (χ3n) is 4.79. The maximum absolute atomic E-state index is 12.6. The van der Waals surface area contributed by atoms with Gasteiger partial charge in [0, 0.05) is 24.7 Å². The van der Waals surface area contributed by atoms with Gasteiger partial charge in [-0.25, -0.2) is 0 Å². The van der Waals surface area contributed by atoms with Crippen LogP contribution in [0.2, 0.25) is 0 Å². The zero-order valence-corrected chi connectivity index (χ0v) is 16.6. The summed E-state index contributed by atoms with van der Waals surface area (Å²) in [4.78, 5) is 14.6. The third-order valence-corrected chi connectivity index (χ3v) is 5.18. The Morgan fingerprint density at radius 1 is 1.31 bits per heavy atom. The molecule has 0 radical (unpaired) electrons. The van der Waals surface area contributed by atoms with E-state index in [2.05, 4.69) is 19.2 Å². The number of benzene rings is 1. The molecule has 1 aromatic carbocycles. The number of allylic oxidation sites excluding steroid dienone is 1. The molecule has 0 aromatic heterocycles. The highest BCUT2D eigenvalue weighted by molar-refractivity contribution is 7.80. The lowest BCUT2D eigenvalue weighted by Crippen LogP contribution is -2.47. The normalized spacial score (nSPS) is 20.2. The van der Waals surface area contributed by atoms with Crippen LogP contribution in [0.15, 0.2) is 29.5 Å². The van der Waals surface area contributed by atoms with Gasteiger partial charge in [0.1, 0.15) is 0 Å². The standard InChI is InChI=1S/C20H26N2O3S/c1-12(2)11-25-16-9-8-13(10-17(16)24-4)19-18-14(6-5-7-15(18)23)22(3)20(26)21-19/h8-10,12,19H,5-7,11H2,1-4H3,(H,21,26). The van der Waals surface area contributed by atoms with Crippen molar-refractivity contribution in [1.29, 1.82) is 0 Å². The number of rotatable bonds is 5. The van der Waals surface area contributed by atoms with Crippen molar-refractivity contribution >= 4 is 23.1 Å². The van der Waals surface area contributed by atoms with Crippen LogP contribution >= 0.6 is 12.2 Å². The quantitative estimate of drug-likeness (QED) is 0.795. The second-order valence-electron chi connectivity index (χ2n) is 7.19. The summed E-state index contributed by atoms with van der Waals surface area (Å²) < 4.78 is 11.4. The maximum Gasteiger partial charge on any atom is 0.173 e. The van der Waals surface area contributed by atoms with E-state index in [1.807, 2.05) is 30.1 Å². The fourth-order valence-corrected chi connectivity index (χ4v) is 3.66. The van der Waals surface area contributed by atoms with Gasteiger partial charge in [0.2, 0.25) is 0 Å². The fraction of sp³-hybridized carbons (Fsp3) is 0.500. The van der Waals surface area contributed by atoms with Gasteiger partial charge in [-0.15, -0.1) is 0 Å². The molecular formula is C20H26N2O3S. The number of hydrogen-bond acceptors (Lipinski definition) is 4. The Labute approximate surface area is 160 Å². The Morgan fingerprint density at radius 2 is 2.08 bits per heavy atom. The smallest absolute Gasteiger partial charge is 0.173 e. The lowest BCUT2D eigenvalue weighted by Gasteiger charge is -2.39. The predicted molar refractivity (Wildman–Crippen MR) is 105 cm³/mol. The number of carbonyl (C=O) groups excluding carboxylic acids is 1. The number of ether oxygens (including phenoxy) is 2. The summed E-state index contributed by atoms with van der Waals surface area (Å²) in [6.45, 7) is 4.83. The van der Waals surface area contributed by atoms with Crippen molar-refractivity contribution in [3.05, 3.63) is 35.0 Å². The van der Waals surface area contributed by atoms with Crippen molar-refractivity contribution in [3.63, 3.8) is 0 Å². The van der Waals surface area contributed by atoms with Gasteiger partial charge in [-0.1, -0.05) is 19.9 Å². The molecule has 1 heterocycles. The van der Waals surface area contributed by atoms with Crippen molar-refractivity contribution < 1.29 is 14.3 Å². The van der Waals surface area contributed by atoms with Crippen LogP contribution in [0, 0.1) is 5.92 Å². The van der Waals surface area contributed by atoms with Gasteiger partial charge >= 0.3 is 0 Å². The van der Waals surface area contributed by atoms with E-state index >= 15 is 0 Å². The summed E-state index contributed by atoms with van der Waals surface area (Å²) >= 11 is 5.48. The molecule has 1 atom stereocenters. The average Bonchev–Trinajstić information content (AvgIpc) is 2.63. The Kier molecular flexibility index (Phi) is 5.51. The van der Waals surface area contributed by atoms with Crippen LogP contribution in [0.5, 0.6) is 11.5 Å². The minimum absolute atomic E-state index is 0.192. The molecule has 140 valence electrons. The van der Waals surface area contributed by atoms with E-state index in [9.17, 15) is 4.79 Å². The van der Waals surface area contributed by atoms with Gasteiger partial charge < -0.3 is 19.7 Å². The van der Waals surface area contributed by atoms with Gasteiger partial charge in [-0.2, -0.15) is 0 Å². The summed E-state index contributed by atoms with van der Waals surface area (Å²) in [6.07, 6.45) is 2.34.